The van der Waals surface area contributed by atoms with Crippen molar-refractivity contribution in [2.45, 2.75) is 26.7 Å². The fraction of sp³-hybridized carbons (Fsp3) is 0.227. The summed E-state index contributed by atoms with van der Waals surface area (Å²) in [6.45, 7) is 6.72. The van der Waals surface area contributed by atoms with Crippen molar-refractivity contribution in [2.24, 2.45) is 4.99 Å². The van der Waals surface area contributed by atoms with Gasteiger partial charge in [0, 0.05) is 6.54 Å². The summed E-state index contributed by atoms with van der Waals surface area (Å²) in [6.07, 6.45) is 1.88. The number of carbonyl (C=O) groups excluding carboxylic acids is 1. The van der Waals surface area contributed by atoms with E-state index in [2.05, 4.69) is 31.0 Å². The summed E-state index contributed by atoms with van der Waals surface area (Å²) in [7, 11) is 0. The first-order valence-electron chi connectivity index (χ1n) is 9.12. The Labute approximate surface area is 168 Å². The van der Waals surface area contributed by atoms with Gasteiger partial charge in [0.2, 0.25) is 0 Å². The predicted molar refractivity (Wildman–Crippen MR) is 114 cm³/mol. The predicted octanol–water partition coefficient (Wildman–Crippen LogP) is 5.13. The van der Waals surface area contributed by atoms with Crippen LogP contribution in [0.2, 0.25) is 0 Å². The second-order valence-corrected chi connectivity index (χ2v) is 7.74. The number of aromatic carboxylic acids is 1. The summed E-state index contributed by atoms with van der Waals surface area (Å²) >= 11 is 1.33. The molecule has 0 aromatic heterocycles. The molecule has 3 rings (SSSR count). The van der Waals surface area contributed by atoms with E-state index in [1.54, 1.807) is 17.0 Å². The molecule has 1 saturated heterocycles. The van der Waals surface area contributed by atoms with Crippen LogP contribution in [0.1, 0.15) is 48.2 Å². The van der Waals surface area contributed by atoms with Crippen LogP contribution in [-0.4, -0.2) is 33.6 Å². The highest BCUT2D eigenvalue weighted by atomic mass is 32.2. The smallest absolute Gasteiger partial charge is 0.335 e. The lowest BCUT2D eigenvalue weighted by atomic mass is 10.0. The average molecular weight is 394 g/mol. The summed E-state index contributed by atoms with van der Waals surface area (Å²) < 4.78 is 0. The molecule has 0 aliphatic carbocycles. The molecule has 1 fully saturated rings. The minimum Gasteiger partial charge on any atom is -0.478 e. The minimum absolute atomic E-state index is 0.0682. The van der Waals surface area contributed by atoms with Crippen LogP contribution in [0, 0.1) is 0 Å². The van der Waals surface area contributed by atoms with Crippen LogP contribution >= 0.6 is 11.8 Å². The first kappa shape index (κ1) is 19.9. The summed E-state index contributed by atoms with van der Waals surface area (Å²) in [4.78, 5) is 30.5. The van der Waals surface area contributed by atoms with Gasteiger partial charge < -0.3 is 5.11 Å². The van der Waals surface area contributed by atoms with Crippen LogP contribution < -0.4 is 0 Å². The molecule has 6 heteroatoms. The van der Waals surface area contributed by atoms with Crippen molar-refractivity contribution in [3.8, 4) is 0 Å². The van der Waals surface area contributed by atoms with Gasteiger partial charge in [0.1, 0.15) is 0 Å². The van der Waals surface area contributed by atoms with Gasteiger partial charge in [-0.1, -0.05) is 38.1 Å². The molecule has 1 N–H and O–H groups in total. The molecular formula is C22H22N2O3S. The van der Waals surface area contributed by atoms with Gasteiger partial charge in [0.05, 0.1) is 16.2 Å². The Balaban J connectivity index is 1.86. The van der Waals surface area contributed by atoms with Crippen molar-refractivity contribution >= 4 is 40.6 Å². The molecule has 2 aromatic rings. The van der Waals surface area contributed by atoms with Crippen LogP contribution in [0.3, 0.4) is 0 Å². The number of amides is 1. The molecule has 1 aliphatic heterocycles. The van der Waals surface area contributed by atoms with Crippen molar-refractivity contribution < 1.29 is 14.7 Å². The van der Waals surface area contributed by atoms with Gasteiger partial charge in [-0.25, -0.2) is 9.79 Å². The quantitative estimate of drug-likeness (QED) is 0.714. The molecule has 0 saturated carbocycles. The molecule has 0 unspecified atom stereocenters. The van der Waals surface area contributed by atoms with E-state index in [1.165, 1.54) is 29.5 Å². The summed E-state index contributed by atoms with van der Waals surface area (Å²) in [5.74, 6) is -0.583. The molecule has 1 aliphatic rings. The number of amidine groups is 1. The number of hydrogen-bond acceptors (Lipinski definition) is 4. The maximum absolute atomic E-state index is 12.7. The SMILES string of the molecule is CCN1C(=O)/C(=C\c2ccc(C(C)C)cc2)SC1=Nc1ccc(C(=O)O)cc1. The number of aliphatic imine (C=N–C) groups is 1. The third-order valence-electron chi connectivity index (χ3n) is 4.44. The van der Waals surface area contributed by atoms with E-state index >= 15 is 0 Å². The lowest BCUT2D eigenvalue weighted by Crippen LogP contribution is -2.28. The summed E-state index contributed by atoms with van der Waals surface area (Å²) in [5, 5.41) is 9.59. The Morgan fingerprint density at radius 3 is 2.32 bits per heavy atom. The van der Waals surface area contributed by atoms with Gasteiger partial charge >= 0.3 is 5.97 Å². The molecule has 0 radical (unpaired) electrons. The maximum Gasteiger partial charge on any atom is 0.335 e. The zero-order chi connectivity index (χ0) is 20.3. The Bertz CT molecular complexity index is 945. The van der Waals surface area contributed by atoms with Crippen LogP contribution in [0.15, 0.2) is 58.4 Å². The van der Waals surface area contributed by atoms with E-state index in [0.29, 0.717) is 28.2 Å². The zero-order valence-electron chi connectivity index (χ0n) is 16.0. The molecule has 0 atom stereocenters. The number of carboxylic acid groups (broad SMARTS) is 1. The Morgan fingerprint density at radius 2 is 1.79 bits per heavy atom. The first-order chi connectivity index (χ1) is 13.4. The average Bonchev–Trinajstić information content (AvgIpc) is 2.96. The molecule has 0 spiro atoms. The van der Waals surface area contributed by atoms with Gasteiger partial charge in [-0.05, 0) is 66.1 Å². The molecular weight excluding hydrogens is 372 g/mol. The number of rotatable bonds is 5. The fourth-order valence-electron chi connectivity index (χ4n) is 2.79. The normalized spacial score (nSPS) is 17.1. The van der Waals surface area contributed by atoms with Gasteiger partial charge in [-0.3, -0.25) is 9.69 Å². The van der Waals surface area contributed by atoms with E-state index in [0.717, 1.165) is 5.56 Å². The highest BCUT2D eigenvalue weighted by molar-refractivity contribution is 8.18. The summed E-state index contributed by atoms with van der Waals surface area (Å²) in [5.41, 5.74) is 3.05. The lowest BCUT2D eigenvalue weighted by Gasteiger charge is -2.12. The standard InChI is InChI=1S/C22H22N2O3S/c1-4-24-20(25)19(13-15-5-7-16(8-6-15)14(2)3)28-22(24)23-18-11-9-17(10-12-18)21(26)27/h5-14H,4H2,1-3H3,(H,26,27)/b19-13+,23-22?. The van der Waals surface area contributed by atoms with Crippen molar-refractivity contribution in [2.75, 3.05) is 6.54 Å². The number of likely N-dealkylation sites (N-methyl/N-ethyl adjacent to an activating group) is 1. The highest BCUT2D eigenvalue weighted by Crippen LogP contribution is 2.34. The van der Waals surface area contributed by atoms with Crippen molar-refractivity contribution in [3.05, 3.63) is 70.1 Å². The van der Waals surface area contributed by atoms with E-state index in [9.17, 15) is 9.59 Å². The van der Waals surface area contributed by atoms with Crippen molar-refractivity contribution in [3.63, 3.8) is 0 Å². The molecule has 1 heterocycles. The van der Waals surface area contributed by atoms with Crippen LogP contribution in [-0.2, 0) is 4.79 Å². The van der Waals surface area contributed by atoms with Crippen LogP contribution in [0.4, 0.5) is 5.69 Å². The van der Waals surface area contributed by atoms with E-state index in [1.807, 2.05) is 25.1 Å². The molecule has 28 heavy (non-hydrogen) atoms. The number of nitrogens with zero attached hydrogens (tertiary/aromatic N) is 2. The number of carboxylic acids is 1. The Morgan fingerprint density at radius 1 is 1.14 bits per heavy atom. The van der Waals surface area contributed by atoms with E-state index in [4.69, 9.17) is 5.11 Å². The monoisotopic (exact) mass is 394 g/mol. The molecule has 5 nitrogen and oxygen atoms in total. The highest BCUT2D eigenvalue weighted by Gasteiger charge is 2.32. The number of carbonyl (C=O) groups is 2. The lowest BCUT2D eigenvalue weighted by molar-refractivity contribution is -0.122. The Hall–Kier alpha value is -2.86. The van der Waals surface area contributed by atoms with Gasteiger partial charge in [0.15, 0.2) is 5.17 Å². The first-order valence-corrected chi connectivity index (χ1v) is 9.94. The topological polar surface area (TPSA) is 70.0 Å². The molecule has 0 bridgehead atoms. The summed E-state index contributed by atoms with van der Waals surface area (Å²) in [6, 6.07) is 14.5. The number of thioether (sulfide) groups is 1. The zero-order valence-corrected chi connectivity index (χ0v) is 16.9. The minimum atomic E-state index is -0.978. The largest absolute Gasteiger partial charge is 0.478 e. The van der Waals surface area contributed by atoms with Crippen molar-refractivity contribution in [1.29, 1.82) is 0 Å². The van der Waals surface area contributed by atoms with E-state index in [-0.39, 0.29) is 11.5 Å². The third-order valence-corrected chi connectivity index (χ3v) is 5.45. The molecule has 2 aromatic carbocycles. The van der Waals surface area contributed by atoms with Crippen molar-refractivity contribution in [1.82, 2.24) is 4.90 Å². The van der Waals surface area contributed by atoms with Crippen LogP contribution in [0.25, 0.3) is 6.08 Å². The second kappa shape index (κ2) is 8.44. The van der Waals surface area contributed by atoms with Gasteiger partial charge in [-0.15, -0.1) is 0 Å². The van der Waals surface area contributed by atoms with Crippen LogP contribution in [0.5, 0.6) is 0 Å². The Kier molecular flexibility index (Phi) is 5.99. The number of benzene rings is 2. The van der Waals surface area contributed by atoms with Gasteiger partial charge in [0.25, 0.3) is 5.91 Å². The fourth-order valence-corrected chi connectivity index (χ4v) is 3.85. The van der Waals surface area contributed by atoms with E-state index < -0.39 is 5.97 Å². The number of hydrogen-bond donors (Lipinski definition) is 1. The molecule has 144 valence electrons. The second-order valence-electron chi connectivity index (χ2n) is 6.73. The van der Waals surface area contributed by atoms with Gasteiger partial charge in [-0.2, -0.15) is 0 Å². The maximum atomic E-state index is 12.7. The molecule has 1 amide bonds. The third kappa shape index (κ3) is 4.34.